The lowest BCUT2D eigenvalue weighted by molar-refractivity contribution is 0.373. The number of nitrogens with one attached hydrogen (secondary N) is 1. The molecular weight excluding hydrogens is 374 g/mol. The number of thiocarbonyl (C=S) groups is 1. The van der Waals surface area contributed by atoms with Gasteiger partial charge in [0.1, 0.15) is 0 Å². The highest BCUT2D eigenvalue weighted by atomic mass is 35.5. The molecule has 1 aliphatic heterocycles. The van der Waals surface area contributed by atoms with Crippen molar-refractivity contribution in [3.05, 3.63) is 58.1 Å². The molecule has 3 N–H and O–H groups in total. The number of halogens is 1. The summed E-state index contributed by atoms with van der Waals surface area (Å²) in [5.41, 5.74) is 8.84. The zero-order valence-corrected chi connectivity index (χ0v) is 16.1. The number of hydrogen-bond acceptors (Lipinski definition) is 5. The minimum Gasteiger partial charge on any atom is -0.375 e. The molecule has 0 radical (unpaired) electrons. The molecule has 0 spiro atoms. The van der Waals surface area contributed by atoms with Crippen LogP contribution in [-0.2, 0) is 0 Å². The Morgan fingerprint density at radius 3 is 2.88 bits per heavy atom. The molecule has 5 nitrogen and oxygen atoms in total. The number of rotatable bonds is 5. The van der Waals surface area contributed by atoms with Gasteiger partial charge in [0, 0.05) is 18.0 Å². The second kappa shape index (κ2) is 7.51. The second-order valence-corrected chi connectivity index (χ2v) is 7.46. The van der Waals surface area contributed by atoms with Crippen molar-refractivity contribution in [1.82, 2.24) is 9.99 Å². The van der Waals surface area contributed by atoms with Crippen molar-refractivity contribution < 1.29 is 0 Å². The molecule has 3 rings (SSSR count). The van der Waals surface area contributed by atoms with Crippen LogP contribution in [0.3, 0.4) is 0 Å². The van der Waals surface area contributed by atoms with Gasteiger partial charge in [-0.1, -0.05) is 41.1 Å². The third-order valence-corrected chi connectivity index (χ3v) is 5.45. The predicted molar refractivity (Wildman–Crippen MR) is 110 cm³/mol. The molecule has 2 aromatic rings. The topological polar surface area (TPSA) is 66.5 Å². The third kappa shape index (κ3) is 3.84. The first-order valence-corrected chi connectivity index (χ1v) is 9.34. The van der Waals surface area contributed by atoms with E-state index in [0.29, 0.717) is 18.0 Å². The summed E-state index contributed by atoms with van der Waals surface area (Å²) < 4.78 is 0. The van der Waals surface area contributed by atoms with E-state index in [9.17, 15) is 0 Å². The summed E-state index contributed by atoms with van der Waals surface area (Å²) >= 11 is 12.8. The lowest BCUT2D eigenvalue weighted by Crippen LogP contribution is -2.31. The number of nitrogens with two attached hydrogens (primary N) is 1. The first-order valence-electron chi connectivity index (χ1n) is 7.73. The monoisotopic (exact) mass is 391 g/mol. The molecule has 0 saturated carbocycles. The Morgan fingerprint density at radius 2 is 2.24 bits per heavy atom. The number of nitrogens with zero attached hydrogens (tertiary/aromatic N) is 3. The number of hydrazone groups is 1. The fourth-order valence-corrected chi connectivity index (χ4v) is 3.96. The maximum atomic E-state index is 5.99. The molecule has 0 bridgehead atoms. The Hall–Kier alpha value is -1.96. The van der Waals surface area contributed by atoms with Gasteiger partial charge in [-0.3, -0.25) is 0 Å². The molecule has 1 aliphatic rings. The largest absolute Gasteiger partial charge is 0.375 e. The smallest absolute Gasteiger partial charge is 0.187 e. The van der Waals surface area contributed by atoms with Crippen LogP contribution in [0.4, 0.5) is 5.13 Å². The van der Waals surface area contributed by atoms with Crippen molar-refractivity contribution in [2.75, 3.05) is 11.9 Å². The second-order valence-electron chi connectivity index (χ2n) is 5.60. The van der Waals surface area contributed by atoms with E-state index < -0.39 is 0 Å². The van der Waals surface area contributed by atoms with E-state index in [0.717, 1.165) is 27.0 Å². The predicted octanol–water partition coefficient (Wildman–Crippen LogP) is 4.10. The van der Waals surface area contributed by atoms with Crippen LogP contribution in [0.15, 0.2) is 42.0 Å². The maximum Gasteiger partial charge on any atom is 0.187 e. The minimum atomic E-state index is -0.0316. The average molecular weight is 392 g/mol. The lowest BCUT2D eigenvalue weighted by Gasteiger charge is -2.21. The lowest BCUT2D eigenvalue weighted by atomic mass is 10.0. The highest BCUT2D eigenvalue weighted by molar-refractivity contribution is 7.80. The Kier molecular flexibility index (Phi) is 5.36. The SMILES string of the molecule is C=CCNc1nc(C)c(C2=NN(C(N)=S)[C@H](c3ccc(Cl)cc3)C2)s1. The standard InChI is InChI=1S/C17H18ClN5S2/c1-3-8-20-17-21-10(2)15(25-17)13-9-14(23(22-13)16(19)24)11-4-6-12(18)7-5-11/h3-7,14H,1,8-9H2,2H3,(H2,19,24)(H,20,21)/t14-/m0/s1. The molecule has 0 fully saturated rings. The van der Waals surface area contributed by atoms with Crippen molar-refractivity contribution >= 4 is 51.1 Å². The molecule has 2 heterocycles. The van der Waals surface area contributed by atoms with E-state index in [2.05, 4.69) is 22.0 Å². The summed E-state index contributed by atoms with van der Waals surface area (Å²) in [6, 6.07) is 7.65. The van der Waals surface area contributed by atoms with Crippen LogP contribution in [-0.4, -0.2) is 27.4 Å². The van der Waals surface area contributed by atoms with E-state index in [4.69, 9.17) is 29.6 Å². The number of aromatic nitrogens is 1. The molecule has 25 heavy (non-hydrogen) atoms. The van der Waals surface area contributed by atoms with Gasteiger partial charge in [-0.15, -0.1) is 6.58 Å². The van der Waals surface area contributed by atoms with Gasteiger partial charge in [0.2, 0.25) is 0 Å². The number of benzene rings is 1. The first kappa shape index (κ1) is 17.8. The van der Waals surface area contributed by atoms with E-state index in [1.807, 2.05) is 31.2 Å². The highest BCUT2D eigenvalue weighted by Crippen LogP contribution is 2.36. The van der Waals surface area contributed by atoms with E-state index in [-0.39, 0.29) is 11.2 Å². The van der Waals surface area contributed by atoms with Gasteiger partial charge < -0.3 is 11.1 Å². The van der Waals surface area contributed by atoms with Gasteiger partial charge in [0.05, 0.1) is 22.3 Å². The highest BCUT2D eigenvalue weighted by Gasteiger charge is 2.32. The van der Waals surface area contributed by atoms with Crippen molar-refractivity contribution in [2.45, 2.75) is 19.4 Å². The summed E-state index contributed by atoms with van der Waals surface area (Å²) in [5.74, 6) is 0. The normalized spacial score (nSPS) is 16.6. The quantitative estimate of drug-likeness (QED) is 0.593. The molecule has 1 atom stereocenters. The fraction of sp³-hybridized carbons (Fsp3) is 0.235. The molecule has 0 aliphatic carbocycles. The van der Waals surface area contributed by atoms with Crippen molar-refractivity contribution in [1.29, 1.82) is 0 Å². The summed E-state index contributed by atoms with van der Waals surface area (Å²) in [6.45, 7) is 6.36. The maximum absolute atomic E-state index is 5.99. The molecule has 0 unspecified atom stereocenters. The zero-order chi connectivity index (χ0) is 18.0. The summed E-state index contributed by atoms with van der Waals surface area (Å²) in [6.07, 6.45) is 2.51. The Labute approximate surface area is 161 Å². The van der Waals surface area contributed by atoms with Crippen molar-refractivity contribution in [2.24, 2.45) is 10.8 Å². The van der Waals surface area contributed by atoms with Crippen LogP contribution in [0.2, 0.25) is 5.02 Å². The van der Waals surface area contributed by atoms with Gasteiger partial charge in [0.25, 0.3) is 0 Å². The van der Waals surface area contributed by atoms with Crippen LogP contribution in [0.5, 0.6) is 0 Å². The molecule has 1 aromatic carbocycles. The fourth-order valence-electron chi connectivity index (χ4n) is 2.69. The van der Waals surface area contributed by atoms with E-state index >= 15 is 0 Å². The molecule has 130 valence electrons. The number of thiazole rings is 1. The van der Waals surface area contributed by atoms with Crippen LogP contribution < -0.4 is 11.1 Å². The Balaban J connectivity index is 1.89. The number of aryl methyl sites for hydroxylation is 1. The number of hydrogen-bond donors (Lipinski definition) is 2. The van der Waals surface area contributed by atoms with Crippen LogP contribution >= 0.6 is 35.2 Å². The molecular formula is C17H18ClN5S2. The number of anilines is 1. The van der Waals surface area contributed by atoms with Crippen LogP contribution in [0.25, 0.3) is 0 Å². The van der Waals surface area contributed by atoms with Crippen LogP contribution in [0, 0.1) is 6.92 Å². The summed E-state index contributed by atoms with van der Waals surface area (Å²) in [4.78, 5) is 5.60. The summed E-state index contributed by atoms with van der Waals surface area (Å²) in [5, 5.41) is 11.4. The van der Waals surface area contributed by atoms with Crippen molar-refractivity contribution in [3.63, 3.8) is 0 Å². The minimum absolute atomic E-state index is 0.0316. The van der Waals surface area contributed by atoms with Gasteiger partial charge in [-0.2, -0.15) is 5.10 Å². The van der Waals surface area contributed by atoms with Gasteiger partial charge in [-0.05, 0) is 36.8 Å². The van der Waals surface area contributed by atoms with E-state index in [1.54, 1.807) is 22.4 Å². The average Bonchev–Trinajstić information content (AvgIpc) is 3.17. The Morgan fingerprint density at radius 1 is 1.52 bits per heavy atom. The molecule has 8 heteroatoms. The molecule has 1 aromatic heterocycles. The van der Waals surface area contributed by atoms with E-state index in [1.165, 1.54) is 0 Å². The third-order valence-electron chi connectivity index (χ3n) is 3.85. The Bertz CT molecular complexity index is 828. The molecule has 0 saturated heterocycles. The van der Waals surface area contributed by atoms with Gasteiger partial charge in [0.15, 0.2) is 10.2 Å². The first-order chi connectivity index (χ1) is 12.0. The van der Waals surface area contributed by atoms with Gasteiger partial charge >= 0.3 is 0 Å². The van der Waals surface area contributed by atoms with Gasteiger partial charge in [-0.25, -0.2) is 9.99 Å². The summed E-state index contributed by atoms with van der Waals surface area (Å²) in [7, 11) is 0. The van der Waals surface area contributed by atoms with Crippen molar-refractivity contribution in [3.8, 4) is 0 Å². The zero-order valence-electron chi connectivity index (χ0n) is 13.7. The van der Waals surface area contributed by atoms with Crippen LogP contribution in [0.1, 0.15) is 28.6 Å². The molecule has 0 amide bonds.